The first kappa shape index (κ1) is 15.1. The van der Waals surface area contributed by atoms with Gasteiger partial charge in [-0.3, -0.25) is 9.69 Å². The number of nitrogens with zero attached hydrogens (tertiary/aromatic N) is 2. The summed E-state index contributed by atoms with van der Waals surface area (Å²) in [5.74, 6) is -0.831. The van der Waals surface area contributed by atoms with Gasteiger partial charge in [-0.05, 0) is 18.2 Å². The Balaban J connectivity index is 1.96. The molecule has 2 rings (SSSR count). The number of benzene rings is 1. The van der Waals surface area contributed by atoms with Crippen LogP contribution in [0.1, 0.15) is 0 Å². The molecule has 6 heteroatoms. The maximum absolute atomic E-state index is 11.2. The second kappa shape index (κ2) is 6.92. The monoisotopic (exact) mass is 298 g/mol. The topological polar surface area (TPSA) is 53.0 Å². The number of anilines is 1. The minimum absolute atomic E-state index is 0.215. The number of hydrogen-bond acceptors (Lipinski definition) is 4. The highest BCUT2D eigenvalue weighted by atomic mass is 35.5. The van der Waals surface area contributed by atoms with E-state index in [-0.39, 0.29) is 6.61 Å². The Hall–Kier alpha value is -1.30. The van der Waals surface area contributed by atoms with Crippen LogP contribution in [-0.4, -0.2) is 61.9 Å². The van der Waals surface area contributed by atoms with Gasteiger partial charge in [0.2, 0.25) is 0 Å². The van der Waals surface area contributed by atoms with Gasteiger partial charge in [0.15, 0.2) is 0 Å². The molecule has 0 aliphatic carbocycles. The lowest BCUT2D eigenvalue weighted by atomic mass is 10.2. The van der Waals surface area contributed by atoms with Crippen LogP contribution in [0.4, 0.5) is 5.69 Å². The number of piperazine rings is 1. The number of carboxylic acids is 1. The Morgan fingerprint density at radius 3 is 2.65 bits per heavy atom. The van der Waals surface area contributed by atoms with Gasteiger partial charge in [0.25, 0.3) is 0 Å². The van der Waals surface area contributed by atoms with Crippen molar-refractivity contribution in [3.8, 4) is 0 Å². The zero-order valence-electron chi connectivity index (χ0n) is 11.5. The van der Waals surface area contributed by atoms with E-state index < -0.39 is 12.0 Å². The van der Waals surface area contributed by atoms with Crippen molar-refractivity contribution in [2.75, 3.05) is 44.8 Å². The van der Waals surface area contributed by atoms with Crippen LogP contribution in [0.25, 0.3) is 0 Å². The standard InChI is InChI=1S/C14H19ClN2O3/c1-20-10-13(14(18)19)17-7-5-16(6-8-17)12-4-2-3-11(15)9-12/h2-4,9,13H,5-8,10H2,1H3,(H,18,19). The van der Waals surface area contributed by atoms with Crippen molar-refractivity contribution in [1.82, 2.24) is 4.90 Å². The third-order valence-corrected chi connectivity index (χ3v) is 3.77. The molecule has 1 aliphatic heterocycles. The smallest absolute Gasteiger partial charge is 0.323 e. The molecule has 20 heavy (non-hydrogen) atoms. The summed E-state index contributed by atoms with van der Waals surface area (Å²) in [6.07, 6.45) is 0. The number of rotatable bonds is 5. The third-order valence-electron chi connectivity index (χ3n) is 3.54. The highest BCUT2D eigenvalue weighted by Crippen LogP contribution is 2.21. The fourth-order valence-electron chi connectivity index (χ4n) is 2.46. The zero-order chi connectivity index (χ0) is 14.5. The van der Waals surface area contributed by atoms with E-state index in [9.17, 15) is 9.90 Å². The molecule has 1 aliphatic rings. The van der Waals surface area contributed by atoms with Crippen molar-refractivity contribution in [1.29, 1.82) is 0 Å². The van der Waals surface area contributed by atoms with Crippen LogP contribution in [0.2, 0.25) is 5.02 Å². The van der Waals surface area contributed by atoms with Gasteiger partial charge in [0.05, 0.1) is 6.61 Å². The van der Waals surface area contributed by atoms with E-state index in [2.05, 4.69) is 4.90 Å². The van der Waals surface area contributed by atoms with E-state index in [0.29, 0.717) is 18.1 Å². The lowest BCUT2D eigenvalue weighted by Gasteiger charge is -2.38. The normalized spacial score (nSPS) is 18.0. The van der Waals surface area contributed by atoms with Crippen molar-refractivity contribution in [3.05, 3.63) is 29.3 Å². The number of aliphatic carboxylic acids is 1. The van der Waals surface area contributed by atoms with E-state index >= 15 is 0 Å². The summed E-state index contributed by atoms with van der Waals surface area (Å²) in [6.45, 7) is 3.19. The maximum Gasteiger partial charge on any atom is 0.323 e. The summed E-state index contributed by atoms with van der Waals surface area (Å²) < 4.78 is 4.99. The molecule has 1 aromatic carbocycles. The van der Waals surface area contributed by atoms with Crippen LogP contribution < -0.4 is 4.90 Å². The lowest BCUT2D eigenvalue weighted by Crippen LogP contribution is -2.54. The highest BCUT2D eigenvalue weighted by molar-refractivity contribution is 6.30. The highest BCUT2D eigenvalue weighted by Gasteiger charge is 2.28. The molecule has 1 aromatic rings. The van der Waals surface area contributed by atoms with E-state index in [1.165, 1.54) is 7.11 Å². The molecule has 1 heterocycles. The van der Waals surface area contributed by atoms with E-state index in [1.807, 2.05) is 29.2 Å². The number of methoxy groups -OCH3 is 1. The van der Waals surface area contributed by atoms with Crippen LogP contribution in [0.3, 0.4) is 0 Å². The quantitative estimate of drug-likeness (QED) is 0.894. The van der Waals surface area contributed by atoms with Gasteiger partial charge in [0.1, 0.15) is 6.04 Å². The summed E-state index contributed by atoms with van der Waals surface area (Å²) in [5.41, 5.74) is 1.08. The van der Waals surface area contributed by atoms with E-state index in [4.69, 9.17) is 16.3 Å². The Morgan fingerprint density at radius 2 is 2.10 bits per heavy atom. The van der Waals surface area contributed by atoms with Crippen LogP contribution >= 0.6 is 11.6 Å². The number of ether oxygens (including phenoxy) is 1. The maximum atomic E-state index is 11.2. The summed E-state index contributed by atoms with van der Waals surface area (Å²) in [5, 5.41) is 9.94. The van der Waals surface area contributed by atoms with E-state index in [1.54, 1.807) is 0 Å². The Labute approximate surface area is 123 Å². The van der Waals surface area contributed by atoms with Crippen LogP contribution in [0.5, 0.6) is 0 Å². The largest absolute Gasteiger partial charge is 0.480 e. The van der Waals surface area contributed by atoms with Gasteiger partial charge in [0, 0.05) is 44.0 Å². The van der Waals surface area contributed by atoms with Crippen molar-refractivity contribution in [2.24, 2.45) is 0 Å². The molecule has 0 spiro atoms. The molecule has 110 valence electrons. The molecule has 1 N–H and O–H groups in total. The minimum atomic E-state index is -0.831. The van der Waals surface area contributed by atoms with Crippen LogP contribution in [0.15, 0.2) is 24.3 Å². The Bertz CT molecular complexity index is 461. The lowest BCUT2D eigenvalue weighted by molar-refractivity contribution is -0.145. The number of carbonyl (C=O) groups is 1. The van der Waals surface area contributed by atoms with Gasteiger partial charge >= 0.3 is 5.97 Å². The number of halogens is 1. The summed E-state index contributed by atoms with van der Waals surface area (Å²) >= 11 is 5.99. The molecular weight excluding hydrogens is 280 g/mol. The molecule has 0 amide bonds. The van der Waals surface area contributed by atoms with Crippen molar-refractivity contribution in [3.63, 3.8) is 0 Å². The summed E-state index contributed by atoms with van der Waals surface area (Å²) in [4.78, 5) is 15.4. The molecule has 0 radical (unpaired) electrons. The molecular formula is C14H19ClN2O3. The predicted octanol–water partition coefficient (Wildman–Crippen LogP) is 1.56. The molecule has 1 unspecified atom stereocenters. The minimum Gasteiger partial charge on any atom is -0.480 e. The molecule has 1 atom stereocenters. The SMILES string of the molecule is COCC(C(=O)O)N1CCN(c2cccc(Cl)c2)CC1. The van der Waals surface area contributed by atoms with Crippen molar-refractivity contribution in [2.45, 2.75) is 6.04 Å². The molecule has 0 bridgehead atoms. The van der Waals surface area contributed by atoms with E-state index in [0.717, 1.165) is 18.8 Å². The number of hydrogen-bond donors (Lipinski definition) is 1. The average Bonchev–Trinajstić information content (AvgIpc) is 2.45. The fraction of sp³-hybridized carbons (Fsp3) is 0.500. The van der Waals surface area contributed by atoms with Gasteiger partial charge in [-0.2, -0.15) is 0 Å². The van der Waals surface area contributed by atoms with Crippen molar-refractivity contribution < 1.29 is 14.6 Å². The van der Waals surface area contributed by atoms with Gasteiger partial charge in [-0.25, -0.2) is 0 Å². The Morgan fingerprint density at radius 1 is 1.40 bits per heavy atom. The number of carboxylic acid groups (broad SMARTS) is 1. The molecule has 1 fully saturated rings. The van der Waals surface area contributed by atoms with Crippen LogP contribution in [0, 0.1) is 0 Å². The zero-order valence-corrected chi connectivity index (χ0v) is 12.2. The predicted molar refractivity (Wildman–Crippen MR) is 78.5 cm³/mol. The average molecular weight is 299 g/mol. The van der Waals surface area contributed by atoms with Gasteiger partial charge in [-0.1, -0.05) is 17.7 Å². The summed E-state index contributed by atoms with van der Waals surface area (Å²) in [6, 6.07) is 7.16. The first-order valence-corrected chi connectivity index (χ1v) is 6.96. The summed E-state index contributed by atoms with van der Waals surface area (Å²) in [7, 11) is 1.53. The Kier molecular flexibility index (Phi) is 5.23. The first-order chi connectivity index (χ1) is 9.61. The molecule has 1 saturated heterocycles. The third kappa shape index (κ3) is 3.62. The fourth-order valence-corrected chi connectivity index (χ4v) is 2.64. The molecule has 5 nitrogen and oxygen atoms in total. The van der Waals surface area contributed by atoms with Gasteiger partial charge < -0.3 is 14.7 Å². The second-order valence-electron chi connectivity index (χ2n) is 4.81. The molecule has 0 saturated carbocycles. The second-order valence-corrected chi connectivity index (χ2v) is 5.25. The van der Waals surface area contributed by atoms with Crippen LogP contribution in [-0.2, 0) is 9.53 Å². The first-order valence-electron chi connectivity index (χ1n) is 6.58. The van der Waals surface area contributed by atoms with Gasteiger partial charge in [-0.15, -0.1) is 0 Å². The molecule has 0 aromatic heterocycles. The van der Waals surface area contributed by atoms with Crippen molar-refractivity contribution >= 4 is 23.3 Å².